The summed E-state index contributed by atoms with van der Waals surface area (Å²) in [6, 6.07) is 9.48. The first-order valence-electron chi connectivity index (χ1n) is 6.82. The molecule has 0 saturated heterocycles. The van der Waals surface area contributed by atoms with E-state index in [1.807, 2.05) is 43.0 Å². The third-order valence-electron chi connectivity index (χ3n) is 3.20. The summed E-state index contributed by atoms with van der Waals surface area (Å²) in [4.78, 5) is 22.5. The second kappa shape index (κ2) is 6.80. The van der Waals surface area contributed by atoms with Crippen LogP contribution >= 0.6 is 0 Å². The van der Waals surface area contributed by atoms with Gasteiger partial charge in [-0.05, 0) is 50.1 Å². The maximum atomic E-state index is 12.4. The van der Waals surface area contributed by atoms with Crippen molar-refractivity contribution in [2.45, 2.75) is 20.3 Å². The van der Waals surface area contributed by atoms with Gasteiger partial charge in [0.25, 0.3) is 5.91 Å². The summed E-state index contributed by atoms with van der Waals surface area (Å²) < 4.78 is 0. The van der Waals surface area contributed by atoms with Crippen LogP contribution in [-0.2, 0) is 6.42 Å². The maximum absolute atomic E-state index is 12.4. The van der Waals surface area contributed by atoms with E-state index in [1.54, 1.807) is 18.5 Å². The number of pyridine rings is 2. The van der Waals surface area contributed by atoms with Crippen molar-refractivity contribution in [3.05, 3.63) is 59.7 Å². The first-order chi connectivity index (χ1) is 9.70. The zero-order valence-corrected chi connectivity index (χ0v) is 11.9. The van der Waals surface area contributed by atoms with Crippen LogP contribution < -0.4 is 0 Å². The first kappa shape index (κ1) is 14.2. The van der Waals surface area contributed by atoms with Crippen LogP contribution in [-0.4, -0.2) is 33.9 Å². The number of aryl methyl sites for hydroxylation is 1. The minimum atomic E-state index is -0.00902. The molecule has 0 spiro atoms. The summed E-state index contributed by atoms with van der Waals surface area (Å²) in [5, 5.41) is 0. The lowest BCUT2D eigenvalue weighted by Gasteiger charge is -2.20. The van der Waals surface area contributed by atoms with Gasteiger partial charge in [-0.3, -0.25) is 9.78 Å². The fourth-order valence-corrected chi connectivity index (χ4v) is 2.04. The van der Waals surface area contributed by atoms with Gasteiger partial charge in [0.05, 0.1) is 0 Å². The van der Waals surface area contributed by atoms with Gasteiger partial charge in [0.15, 0.2) is 0 Å². The van der Waals surface area contributed by atoms with Crippen LogP contribution in [0.2, 0.25) is 0 Å². The zero-order valence-electron chi connectivity index (χ0n) is 11.9. The van der Waals surface area contributed by atoms with Gasteiger partial charge < -0.3 is 4.90 Å². The summed E-state index contributed by atoms with van der Waals surface area (Å²) in [5.74, 6) is -0.00902. The molecule has 1 amide bonds. The van der Waals surface area contributed by atoms with Crippen molar-refractivity contribution in [2.75, 3.05) is 13.1 Å². The monoisotopic (exact) mass is 269 g/mol. The molecule has 0 unspecified atom stereocenters. The first-order valence-corrected chi connectivity index (χ1v) is 6.82. The van der Waals surface area contributed by atoms with Gasteiger partial charge in [0.1, 0.15) is 5.69 Å². The standard InChI is InChI=1S/C16H19N3O/c1-3-19(12-9-14-7-10-17-11-8-14)16(20)15-6-4-5-13(2)18-15/h4-8,10-11H,3,9,12H2,1-2H3. The summed E-state index contributed by atoms with van der Waals surface area (Å²) in [6.07, 6.45) is 4.37. The molecule has 0 atom stereocenters. The molecule has 2 heterocycles. The fraction of sp³-hybridized carbons (Fsp3) is 0.312. The molecule has 0 aliphatic carbocycles. The molecule has 0 aliphatic heterocycles. The van der Waals surface area contributed by atoms with Gasteiger partial charge >= 0.3 is 0 Å². The van der Waals surface area contributed by atoms with Crippen molar-refractivity contribution in [1.82, 2.24) is 14.9 Å². The molecule has 2 aromatic rings. The van der Waals surface area contributed by atoms with Crippen molar-refractivity contribution in [2.24, 2.45) is 0 Å². The quantitative estimate of drug-likeness (QED) is 0.837. The topological polar surface area (TPSA) is 46.1 Å². The van der Waals surface area contributed by atoms with Crippen LogP contribution in [0.3, 0.4) is 0 Å². The van der Waals surface area contributed by atoms with E-state index >= 15 is 0 Å². The SMILES string of the molecule is CCN(CCc1ccncc1)C(=O)c1cccc(C)n1. The van der Waals surface area contributed by atoms with E-state index in [0.717, 1.165) is 12.1 Å². The third kappa shape index (κ3) is 3.63. The van der Waals surface area contributed by atoms with Gasteiger partial charge in [-0.15, -0.1) is 0 Å². The summed E-state index contributed by atoms with van der Waals surface area (Å²) in [6.45, 7) is 5.25. The second-order valence-corrected chi connectivity index (χ2v) is 4.65. The zero-order chi connectivity index (χ0) is 14.4. The molecule has 20 heavy (non-hydrogen) atoms. The van der Waals surface area contributed by atoms with Crippen molar-refractivity contribution >= 4 is 5.91 Å². The summed E-state index contributed by atoms with van der Waals surface area (Å²) >= 11 is 0. The lowest BCUT2D eigenvalue weighted by atomic mass is 10.2. The third-order valence-corrected chi connectivity index (χ3v) is 3.20. The molecule has 0 aromatic carbocycles. The summed E-state index contributed by atoms with van der Waals surface area (Å²) in [7, 11) is 0. The number of carbonyl (C=O) groups is 1. The Morgan fingerprint density at radius 3 is 2.60 bits per heavy atom. The highest BCUT2D eigenvalue weighted by Gasteiger charge is 2.15. The average molecular weight is 269 g/mol. The van der Waals surface area contributed by atoms with Crippen LogP contribution in [0.25, 0.3) is 0 Å². The number of aromatic nitrogens is 2. The molecule has 0 saturated carbocycles. The average Bonchev–Trinajstić information content (AvgIpc) is 2.48. The Morgan fingerprint density at radius 1 is 1.20 bits per heavy atom. The van der Waals surface area contributed by atoms with Gasteiger partial charge in [0.2, 0.25) is 0 Å². The minimum absolute atomic E-state index is 0.00902. The van der Waals surface area contributed by atoms with Gasteiger partial charge in [0, 0.05) is 31.2 Å². The van der Waals surface area contributed by atoms with Crippen LogP contribution in [0.1, 0.15) is 28.7 Å². The molecule has 0 N–H and O–H groups in total. The number of likely N-dealkylation sites (N-methyl/N-ethyl adjacent to an activating group) is 1. The Labute approximate surface area is 119 Å². The molecule has 0 radical (unpaired) electrons. The van der Waals surface area contributed by atoms with E-state index < -0.39 is 0 Å². The smallest absolute Gasteiger partial charge is 0.272 e. The highest BCUT2D eigenvalue weighted by Crippen LogP contribution is 2.06. The Bertz CT molecular complexity index is 569. The Balaban J connectivity index is 2.03. The number of hydrogen-bond donors (Lipinski definition) is 0. The van der Waals surface area contributed by atoms with E-state index in [-0.39, 0.29) is 5.91 Å². The van der Waals surface area contributed by atoms with Crippen molar-refractivity contribution in [1.29, 1.82) is 0 Å². The van der Waals surface area contributed by atoms with E-state index in [0.29, 0.717) is 18.8 Å². The largest absolute Gasteiger partial charge is 0.337 e. The predicted octanol–water partition coefficient (Wildman–Crippen LogP) is 2.49. The van der Waals surface area contributed by atoms with Gasteiger partial charge in [-0.25, -0.2) is 4.98 Å². The minimum Gasteiger partial charge on any atom is -0.337 e. The molecular formula is C16H19N3O. The normalized spacial score (nSPS) is 10.3. The number of amides is 1. The lowest BCUT2D eigenvalue weighted by Crippen LogP contribution is -2.33. The van der Waals surface area contributed by atoms with Crippen LogP contribution in [0.15, 0.2) is 42.7 Å². The molecule has 4 heteroatoms. The second-order valence-electron chi connectivity index (χ2n) is 4.65. The highest BCUT2D eigenvalue weighted by molar-refractivity contribution is 5.92. The lowest BCUT2D eigenvalue weighted by molar-refractivity contribution is 0.0760. The number of hydrogen-bond acceptors (Lipinski definition) is 3. The van der Waals surface area contributed by atoms with Crippen LogP contribution in [0.5, 0.6) is 0 Å². The number of nitrogens with zero attached hydrogens (tertiary/aromatic N) is 3. The summed E-state index contributed by atoms with van der Waals surface area (Å²) in [5.41, 5.74) is 2.56. The Hall–Kier alpha value is -2.23. The van der Waals surface area contributed by atoms with E-state index in [1.165, 1.54) is 5.56 Å². The molecule has 2 aromatic heterocycles. The Morgan fingerprint density at radius 2 is 1.95 bits per heavy atom. The van der Waals surface area contributed by atoms with Crippen molar-refractivity contribution in [3.63, 3.8) is 0 Å². The van der Waals surface area contributed by atoms with E-state index in [9.17, 15) is 4.79 Å². The van der Waals surface area contributed by atoms with E-state index in [2.05, 4.69) is 9.97 Å². The van der Waals surface area contributed by atoms with Crippen LogP contribution in [0, 0.1) is 6.92 Å². The Kier molecular flexibility index (Phi) is 4.82. The van der Waals surface area contributed by atoms with Crippen LogP contribution in [0.4, 0.5) is 0 Å². The maximum Gasteiger partial charge on any atom is 0.272 e. The predicted molar refractivity (Wildman–Crippen MR) is 78.5 cm³/mol. The van der Waals surface area contributed by atoms with Gasteiger partial charge in [-0.2, -0.15) is 0 Å². The van der Waals surface area contributed by atoms with Crippen molar-refractivity contribution in [3.8, 4) is 0 Å². The molecule has 2 rings (SSSR count). The molecule has 4 nitrogen and oxygen atoms in total. The fourth-order valence-electron chi connectivity index (χ4n) is 2.04. The number of carbonyl (C=O) groups excluding carboxylic acids is 1. The molecule has 0 bridgehead atoms. The number of rotatable bonds is 5. The molecule has 0 fully saturated rings. The molecular weight excluding hydrogens is 250 g/mol. The molecule has 0 aliphatic rings. The van der Waals surface area contributed by atoms with Gasteiger partial charge in [-0.1, -0.05) is 6.07 Å². The highest BCUT2D eigenvalue weighted by atomic mass is 16.2. The van der Waals surface area contributed by atoms with Crippen molar-refractivity contribution < 1.29 is 4.79 Å². The van der Waals surface area contributed by atoms with E-state index in [4.69, 9.17) is 0 Å². The molecule has 104 valence electrons.